The van der Waals surface area contributed by atoms with Crippen molar-refractivity contribution in [2.24, 2.45) is 5.92 Å². The Hall–Kier alpha value is -3.20. The number of ether oxygens (including phenoxy) is 2. The number of hydrogen-bond donors (Lipinski definition) is 1. The van der Waals surface area contributed by atoms with Crippen LogP contribution >= 0.6 is 23.2 Å². The number of Topliss-reactive ketones (excluding diaryl/α,β-unsaturated/α-hetero) is 1. The molecule has 1 fully saturated rings. The molecular formula is C30H31Cl2FN2O5. The molecule has 0 aromatic heterocycles. The average molecular weight is 589 g/mol. The maximum Gasteiger partial charge on any atom is 0.336 e. The van der Waals surface area contributed by atoms with Crippen molar-refractivity contribution in [3.8, 4) is 0 Å². The molecule has 1 unspecified atom stereocenters. The van der Waals surface area contributed by atoms with Crippen LogP contribution < -0.4 is 5.32 Å². The summed E-state index contributed by atoms with van der Waals surface area (Å²) < 4.78 is 23.9. The van der Waals surface area contributed by atoms with Crippen LogP contribution in [-0.4, -0.2) is 56.0 Å². The van der Waals surface area contributed by atoms with Crippen molar-refractivity contribution in [2.45, 2.75) is 32.6 Å². The van der Waals surface area contributed by atoms with Gasteiger partial charge in [0, 0.05) is 29.4 Å². The molecule has 1 atom stereocenters. The van der Waals surface area contributed by atoms with Crippen LogP contribution in [0.25, 0.3) is 0 Å². The van der Waals surface area contributed by atoms with Gasteiger partial charge in [0.25, 0.3) is 0 Å². The zero-order valence-electron chi connectivity index (χ0n) is 22.6. The highest BCUT2D eigenvalue weighted by atomic mass is 35.5. The minimum atomic E-state index is -0.833. The standard InChI is InChI=1S/C30H31Cl2FN2O5/c1-17-24(29(37)39-3)26(22-5-4-6-23(31)27(22)32)25(18(2)34-17)30(38)40-16-15-35-13-11-20(12-14-35)28(36)19-7-9-21(33)10-8-19/h4-10,20,26,34H,11-16H2,1-3H3. The second kappa shape index (κ2) is 13.0. The van der Waals surface area contributed by atoms with Crippen LogP contribution in [0, 0.1) is 11.7 Å². The zero-order chi connectivity index (χ0) is 29.0. The lowest BCUT2D eigenvalue weighted by Gasteiger charge is -2.32. The van der Waals surface area contributed by atoms with Crippen LogP contribution in [-0.2, 0) is 19.1 Å². The number of nitrogens with zero attached hydrogens (tertiary/aromatic N) is 1. The number of halogens is 3. The normalized spacial score (nSPS) is 18.4. The van der Waals surface area contributed by atoms with Gasteiger partial charge in [-0.25, -0.2) is 14.0 Å². The molecule has 0 radical (unpaired) electrons. The minimum Gasteiger partial charge on any atom is -0.466 e. The largest absolute Gasteiger partial charge is 0.466 e. The molecule has 1 saturated heterocycles. The second-order valence-corrected chi connectivity index (χ2v) is 10.7. The quantitative estimate of drug-likeness (QED) is 0.314. The monoisotopic (exact) mass is 588 g/mol. The number of methoxy groups -OCH3 is 1. The van der Waals surface area contributed by atoms with E-state index in [4.69, 9.17) is 32.7 Å². The van der Waals surface area contributed by atoms with Crippen molar-refractivity contribution >= 4 is 40.9 Å². The van der Waals surface area contributed by atoms with Gasteiger partial charge in [0.1, 0.15) is 12.4 Å². The predicted molar refractivity (Wildman–Crippen MR) is 151 cm³/mol. The Morgan fingerprint density at radius 2 is 1.60 bits per heavy atom. The first-order valence-corrected chi connectivity index (χ1v) is 13.8. The van der Waals surface area contributed by atoms with Crippen molar-refractivity contribution in [3.63, 3.8) is 0 Å². The van der Waals surface area contributed by atoms with E-state index < -0.39 is 17.9 Å². The number of benzene rings is 2. The summed E-state index contributed by atoms with van der Waals surface area (Å²) in [4.78, 5) is 41.2. The fraction of sp³-hybridized carbons (Fsp3) is 0.367. The number of dihydropyridines is 1. The molecule has 7 nitrogen and oxygen atoms in total. The molecule has 2 aromatic rings. The molecule has 0 amide bonds. The maximum atomic E-state index is 13.5. The molecule has 10 heteroatoms. The van der Waals surface area contributed by atoms with Crippen LogP contribution in [0.4, 0.5) is 4.39 Å². The number of hydrogen-bond acceptors (Lipinski definition) is 7. The first-order chi connectivity index (χ1) is 19.1. The number of carbonyl (C=O) groups is 3. The van der Waals surface area contributed by atoms with E-state index >= 15 is 0 Å². The number of rotatable bonds is 8. The maximum absolute atomic E-state index is 13.5. The van der Waals surface area contributed by atoms with Gasteiger partial charge < -0.3 is 14.8 Å². The number of piperidine rings is 1. The summed E-state index contributed by atoms with van der Waals surface area (Å²) in [6, 6.07) is 10.7. The number of allylic oxidation sites excluding steroid dienone is 2. The van der Waals surface area contributed by atoms with Crippen LogP contribution in [0.3, 0.4) is 0 Å². The molecule has 2 aliphatic rings. The Kier molecular flexibility index (Phi) is 9.66. The molecule has 0 aliphatic carbocycles. The van der Waals surface area contributed by atoms with E-state index in [1.54, 1.807) is 32.0 Å². The highest BCUT2D eigenvalue weighted by molar-refractivity contribution is 6.42. The van der Waals surface area contributed by atoms with Crippen molar-refractivity contribution in [1.82, 2.24) is 10.2 Å². The zero-order valence-corrected chi connectivity index (χ0v) is 24.1. The average Bonchev–Trinajstić information content (AvgIpc) is 2.94. The van der Waals surface area contributed by atoms with Crippen LogP contribution in [0.1, 0.15) is 48.5 Å². The summed E-state index contributed by atoms with van der Waals surface area (Å²) in [7, 11) is 1.28. The van der Waals surface area contributed by atoms with Crippen LogP contribution in [0.5, 0.6) is 0 Å². The summed E-state index contributed by atoms with van der Waals surface area (Å²) in [6.45, 7) is 5.43. The first kappa shape index (κ1) is 29.8. The van der Waals surface area contributed by atoms with Crippen molar-refractivity contribution < 1.29 is 28.2 Å². The van der Waals surface area contributed by atoms with Crippen LogP contribution in [0.15, 0.2) is 65.0 Å². The molecule has 40 heavy (non-hydrogen) atoms. The molecule has 4 rings (SSSR count). The molecule has 0 saturated carbocycles. The molecule has 2 heterocycles. The first-order valence-electron chi connectivity index (χ1n) is 13.0. The molecule has 2 aromatic carbocycles. The number of nitrogens with one attached hydrogen (secondary N) is 1. The molecule has 0 spiro atoms. The van der Waals surface area contributed by atoms with Crippen molar-refractivity contribution in [1.29, 1.82) is 0 Å². The molecule has 212 valence electrons. The van der Waals surface area contributed by atoms with E-state index in [0.29, 0.717) is 60.0 Å². The fourth-order valence-electron chi connectivity index (χ4n) is 5.31. The summed E-state index contributed by atoms with van der Waals surface area (Å²) in [6.07, 6.45) is 1.33. The third kappa shape index (κ3) is 6.40. The Balaban J connectivity index is 1.42. The number of esters is 2. The Morgan fingerprint density at radius 3 is 2.23 bits per heavy atom. The lowest BCUT2D eigenvalue weighted by molar-refractivity contribution is -0.140. The van der Waals surface area contributed by atoms with E-state index in [0.717, 1.165) is 0 Å². The summed E-state index contributed by atoms with van der Waals surface area (Å²) in [5, 5.41) is 3.63. The van der Waals surface area contributed by atoms with E-state index in [9.17, 15) is 18.8 Å². The topological polar surface area (TPSA) is 84.9 Å². The van der Waals surface area contributed by atoms with E-state index in [1.165, 1.54) is 31.4 Å². The van der Waals surface area contributed by atoms with Gasteiger partial charge in [-0.3, -0.25) is 9.69 Å². The summed E-state index contributed by atoms with van der Waals surface area (Å²) in [5.74, 6) is -2.48. The summed E-state index contributed by atoms with van der Waals surface area (Å²) in [5.41, 5.74) is 2.59. The van der Waals surface area contributed by atoms with Gasteiger partial charge in [-0.05, 0) is 75.7 Å². The Labute approximate surface area is 242 Å². The van der Waals surface area contributed by atoms with E-state index in [-0.39, 0.29) is 40.3 Å². The van der Waals surface area contributed by atoms with Gasteiger partial charge in [0.15, 0.2) is 5.78 Å². The van der Waals surface area contributed by atoms with Crippen LogP contribution in [0.2, 0.25) is 10.0 Å². The van der Waals surface area contributed by atoms with Gasteiger partial charge in [-0.2, -0.15) is 0 Å². The number of carbonyl (C=O) groups excluding carboxylic acids is 3. The number of likely N-dealkylation sites (tertiary alicyclic amines) is 1. The lowest BCUT2D eigenvalue weighted by Crippen LogP contribution is -2.39. The van der Waals surface area contributed by atoms with Gasteiger partial charge in [0.2, 0.25) is 0 Å². The lowest BCUT2D eigenvalue weighted by atomic mass is 9.80. The minimum absolute atomic E-state index is 0.0220. The third-order valence-corrected chi connectivity index (χ3v) is 8.24. The molecule has 0 bridgehead atoms. The van der Waals surface area contributed by atoms with Gasteiger partial charge in [-0.15, -0.1) is 0 Å². The second-order valence-electron chi connectivity index (χ2n) is 9.89. The van der Waals surface area contributed by atoms with Gasteiger partial charge >= 0.3 is 11.9 Å². The SMILES string of the molecule is COC(=O)C1=C(C)NC(C)=C(C(=O)OCCN2CCC(C(=O)c3ccc(F)cc3)CC2)C1c1cccc(Cl)c1Cl. The molecule has 1 N–H and O–H groups in total. The number of ketones is 1. The summed E-state index contributed by atoms with van der Waals surface area (Å²) >= 11 is 12.8. The Morgan fingerprint density at radius 1 is 0.975 bits per heavy atom. The predicted octanol–water partition coefficient (Wildman–Crippen LogP) is 5.68. The smallest absolute Gasteiger partial charge is 0.336 e. The third-order valence-electron chi connectivity index (χ3n) is 7.41. The van der Waals surface area contributed by atoms with E-state index in [1.807, 2.05) is 0 Å². The highest BCUT2D eigenvalue weighted by Gasteiger charge is 2.39. The Bertz CT molecular complexity index is 1360. The fourth-order valence-corrected chi connectivity index (χ4v) is 5.73. The molecular weight excluding hydrogens is 558 g/mol. The van der Waals surface area contributed by atoms with Crippen molar-refractivity contribution in [3.05, 3.63) is 92.0 Å². The highest BCUT2D eigenvalue weighted by Crippen LogP contribution is 2.43. The van der Waals surface area contributed by atoms with Gasteiger partial charge in [0.05, 0.1) is 34.2 Å². The van der Waals surface area contributed by atoms with Gasteiger partial charge in [-0.1, -0.05) is 35.3 Å². The van der Waals surface area contributed by atoms with E-state index in [2.05, 4.69) is 10.2 Å². The molecule has 2 aliphatic heterocycles. The van der Waals surface area contributed by atoms with Crippen molar-refractivity contribution in [2.75, 3.05) is 33.4 Å².